The van der Waals surface area contributed by atoms with Crippen LogP contribution in [0.2, 0.25) is 0 Å². The topological polar surface area (TPSA) is 69.6 Å². The molecule has 3 aromatic carbocycles. The third kappa shape index (κ3) is 7.52. The number of nitrogens with one attached hydrogen (secondary N) is 1. The first-order valence-corrected chi connectivity index (χ1v) is 13.7. The summed E-state index contributed by atoms with van der Waals surface area (Å²) in [5, 5.41) is 13.7. The standard InChI is InChI=1S/C32H37F2N3O3/c1-37(2,3)19-5-8-30(39)35-21-22-6-4-7-24(20-22)31-28(17-18-29(38)23-9-11-25(33)12-10-23)32(40)36(31)27-15-13-26(34)14-16-27/h4,6-7,9-16,20,28-29,31,38H,5,8,17-19,21H2,1-3H3/p+1. The SMILES string of the molecule is C[N+](C)(C)CCCC(=O)NCc1cccc(C2C(CCC(O)c3ccc(F)cc3)C(=O)N2c2ccc(F)cc2)c1. The van der Waals surface area contributed by atoms with E-state index in [4.69, 9.17) is 0 Å². The van der Waals surface area contributed by atoms with Crippen LogP contribution in [0, 0.1) is 17.6 Å². The highest BCUT2D eigenvalue weighted by Gasteiger charge is 2.48. The molecular formula is C32H38F2N3O3+. The second kappa shape index (κ2) is 12.7. The summed E-state index contributed by atoms with van der Waals surface area (Å²) in [5.41, 5.74) is 3.02. The number of carbonyl (C=O) groups excluding carboxylic acids is 2. The van der Waals surface area contributed by atoms with Gasteiger partial charge in [0.1, 0.15) is 11.6 Å². The van der Waals surface area contributed by atoms with Gasteiger partial charge >= 0.3 is 0 Å². The number of halogens is 2. The molecule has 4 rings (SSSR count). The molecule has 0 saturated carbocycles. The summed E-state index contributed by atoms with van der Waals surface area (Å²) in [6.07, 6.45) is 1.19. The minimum atomic E-state index is -0.826. The van der Waals surface area contributed by atoms with E-state index in [2.05, 4.69) is 26.5 Å². The number of aliphatic hydroxyl groups excluding tert-OH is 1. The van der Waals surface area contributed by atoms with Gasteiger partial charge in [-0.05, 0) is 65.9 Å². The molecule has 1 aliphatic rings. The Morgan fingerprint density at radius 2 is 1.65 bits per heavy atom. The largest absolute Gasteiger partial charge is 0.388 e. The molecule has 1 fully saturated rings. The summed E-state index contributed by atoms with van der Waals surface area (Å²) >= 11 is 0. The van der Waals surface area contributed by atoms with Gasteiger partial charge in [0, 0.05) is 25.1 Å². The van der Waals surface area contributed by atoms with E-state index in [9.17, 15) is 23.5 Å². The van der Waals surface area contributed by atoms with E-state index in [1.165, 1.54) is 24.3 Å². The van der Waals surface area contributed by atoms with E-state index >= 15 is 0 Å². The lowest BCUT2D eigenvalue weighted by Crippen LogP contribution is -2.55. The number of quaternary nitrogens is 1. The van der Waals surface area contributed by atoms with Gasteiger partial charge in [-0.25, -0.2) is 8.78 Å². The molecule has 0 bridgehead atoms. The van der Waals surface area contributed by atoms with E-state index in [-0.39, 0.29) is 35.4 Å². The van der Waals surface area contributed by atoms with Gasteiger partial charge in [-0.2, -0.15) is 0 Å². The Morgan fingerprint density at radius 3 is 2.30 bits per heavy atom. The molecule has 1 saturated heterocycles. The van der Waals surface area contributed by atoms with Gasteiger partial charge in [-0.1, -0.05) is 36.4 Å². The first-order valence-electron chi connectivity index (χ1n) is 13.7. The Hall–Kier alpha value is -3.62. The monoisotopic (exact) mass is 550 g/mol. The number of anilines is 1. The Balaban J connectivity index is 1.47. The number of hydrogen-bond acceptors (Lipinski definition) is 3. The fourth-order valence-corrected chi connectivity index (χ4v) is 5.18. The Kier molecular flexibility index (Phi) is 9.32. The lowest BCUT2D eigenvalue weighted by atomic mass is 9.78. The molecule has 3 unspecified atom stereocenters. The summed E-state index contributed by atoms with van der Waals surface area (Å²) < 4.78 is 27.7. The van der Waals surface area contributed by atoms with Crippen LogP contribution in [0.1, 0.15) is 54.5 Å². The number of amides is 2. The van der Waals surface area contributed by atoms with Crippen LogP contribution in [0.3, 0.4) is 0 Å². The summed E-state index contributed by atoms with van der Waals surface area (Å²) in [4.78, 5) is 27.4. The molecule has 0 radical (unpaired) electrons. The fourth-order valence-electron chi connectivity index (χ4n) is 5.18. The molecule has 0 spiro atoms. The highest BCUT2D eigenvalue weighted by atomic mass is 19.1. The molecule has 0 aromatic heterocycles. The van der Waals surface area contributed by atoms with Crippen LogP contribution >= 0.6 is 0 Å². The first kappa shape index (κ1) is 29.4. The third-order valence-corrected chi connectivity index (χ3v) is 7.34. The Labute approximate surface area is 234 Å². The van der Waals surface area contributed by atoms with Gasteiger partial charge in [-0.3, -0.25) is 9.59 Å². The zero-order valence-electron chi connectivity index (χ0n) is 23.3. The van der Waals surface area contributed by atoms with Crippen molar-refractivity contribution in [3.63, 3.8) is 0 Å². The van der Waals surface area contributed by atoms with Crippen molar-refractivity contribution in [3.05, 3.63) is 101 Å². The van der Waals surface area contributed by atoms with Crippen molar-refractivity contribution in [2.75, 3.05) is 32.6 Å². The number of rotatable bonds is 12. The normalized spacial score (nSPS) is 17.9. The average molecular weight is 551 g/mol. The predicted molar refractivity (Wildman–Crippen MR) is 151 cm³/mol. The third-order valence-electron chi connectivity index (χ3n) is 7.34. The van der Waals surface area contributed by atoms with Gasteiger partial charge in [0.2, 0.25) is 11.8 Å². The Morgan fingerprint density at radius 1 is 1.00 bits per heavy atom. The van der Waals surface area contributed by atoms with E-state index in [1.54, 1.807) is 29.2 Å². The number of hydrogen-bond donors (Lipinski definition) is 2. The molecule has 6 nitrogen and oxygen atoms in total. The lowest BCUT2D eigenvalue weighted by molar-refractivity contribution is -0.870. The zero-order valence-corrected chi connectivity index (χ0v) is 23.3. The van der Waals surface area contributed by atoms with Gasteiger partial charge < -0.3 is 19.8 Å². The van der Waals surface area contributed by atoms with Crippen LogP contribution in [-0.2, 0) is 16.1 Å². The van der Waals surface area contributed by atoms with E-state index in [1.807, 2.05) is 24.3 Å². The van der Waals surface area contributed by atoms with Gasteiger partial charge in [-0.15, -0.1) is 0 Å². The van der Waals surface area contributed by atoms with Crippen LogP contribution in [0.15, 0.2) is 72.8 Å². The minimum absolute atomic E-state index is 0.00160. The maximum absolute atomic E-state index is 13.6. The quantitative estimate of drug-likeness (QED) is 0.238. The summed E-state index contributed by atoms with van der Waals surface area (Å²) in [7, 11) is 6.29. The fraction of sp³-hybridized carbons (Fsp3) is 0.375. The molecule has 212 valence electrons. The number of benzene rings is 3. The smallest absolute Gasteiger partial charge is 0.233 e. The van der Waals surface area contributed by atoms with Gasteiger partial charge in [0.15, 0.2) is 0 Å². The van der Waals surface area contributed by atoms with Crippen LogP contribution < -0.4 is 10.2 Å². The van der Waals surface area contributed by atoms with Crippen LogP contribution in [0.4, 0.5) is 14.5 Å². The van der Waals surface area contributed by atoms with Crippen LogP contribution in [0.5, 0.6) is 0 Å². The molecule has 8 heteroatoms. The molecule has 0 aliphatic carbocycles. The van der Waals surface area contributed by atoms with Crippen molar-refractivity contribution >= 4 is 17.5 Å². The molecule has 2 amide bonds. The summed E-state index contributed by atoms with van der Waals surface area (Å²) in [6.45, 7) is 1.29. The molecular weight excluding hydrogens is 512 g/mol. The van der Waals surface area contributed by atoms with Crippen molar-refractivity contribution < 1.29 is 28.0 Å². The van der Waals surface area contributed by atoms with Gasteiger partial charge in [0.05, 0.1) is 45.8 Å². The zero-order chi connectivity index (χ0) is 28.9. The van der Waals surface area contributed by atoms with E-state index in [0.29, 0.717) is 37.1 Å². The summed E-state index contributed by atoms with van der Waals surface area (Å²) in [6, 6.07) is 19.0. The van der Waals surface area contributed by atoms with Crippen molar-refractivity contribution in [3.8, 4) is 0 Å². The molecule has 2 N–H and O–H groups in total. The molecule has 3 atom stereocenters. The van der Waals surface area contributed by atoms with Crippen LogP contribution in [-0.4, -0.2) is 49.1 Å². The van der Waals surface area contributed by atoms with Gasteiger partial charge in [0.25, 0.3) is 0 Å². The van der Waals surface area contributed by atoms with E-state index < -0.39 is 6.10 Å². The highest BCUT2D eigenvalue weighted by molar-refractivity contribution is 6.03. The number of nitrogens with zero attached hydrogens (tertiary/aromatic N) is 2. The number of carbonyl (C=O) groups is 2. The number of β-lactam (4-membered cyclic amide) rings is 1. The van der Waals surface area contributed by atoms with E-state index in [0.717, 1.165) is 28.6 Å². The molecule has 40 heavy (non-hydrogen) atoms. The second-order valence-electron chi connectivity index (χ2n) is 11.5. The summed E-state index contributed by atoms with van der Waals surface area (Å²) in [5.74, 6) is -1.25. The van der Waals surface area contributed by atoms with Crippen LogP contribution in [0.25, 0.3) is 0 Å². The first-order chi connectivity index (χ1) is 19.0. The predicted octanol–water partition coefficient (Wildman–Crippen LogP) is 5.29. The van der Waals surface area contributed by atoms with Crippen molar-refractivity contribution in [2.24, 2.45) is 5.92 Å². The Bertz CT molecular complexity index is 1310. The number of aliphatic hydroxyl groups is 1. The van der Waals surface area contributed by atoms with Crippen molar-refractivity contribution in [1.29, 1.82) is 0 Å². The lowest BCUT2D eigenvalue weighted by Gasteiger charge is -2.48. The second-order valence-corrected chi connectivity index (χ2v) is 11.5. The minimum Gasteiger partial charge on any atom is -0.388 e. The highest BCUT2D eigenvalue weighted by Crippen LogP contribution is 2.46. The maximum Gasteiger partial charge on any atom is 0.233 e. The molecule has 1 aliphatic heterocycles. The van der Waals surface area contributed by atoms with Crippen molar-refractivity contribution in [2.45, 2.75) is 44.4 Å². The maximum atomic E-state index is 13.6. The average Bonchev–Trinajstić information content (AvgIpc) is 2.91. The van der Waals surface area contributed by atoms with Crippen molar-refractivity contribution in [1.82, 2.24) is 5.32 Å². The molecule has 3 aromatic rings. The molecule has 1 heterocycles.